The summed E-state index contributed by atoms with van der Waals surface area (Å²) in [7, 11) is 0. The number of unbranched alkanes of at least 4 members (excludes halogenated alkanes) is 2. The molecule has 3 heteroatoms. The molecule has 0 saturated carbocycles. The second-order valence-corrected chi connectivity index (χ2v) is 4.59. The number of benzene rings is 1. The zero-order valence-corrected chi connectivity index (χ0v) is 11.4. The van der Waals surface area contributed by atoms with E-state index in [1.165, 1.54) is 6.07 Å². The monoisotopic (exact) mass is 253 g/mol. The Morgan fingerprint density at radius 3 is 2.56 bits per heavy atom. The van der Waals surface area contributed by atoms with E-state index in [1.54, 1.807) is 12.1 Å². The average molecular weight is 253 g/mol. The SMILES string of the molecule is CCCCCOC(c1ccccc1F)C(N)CC. The number of hydrogen-bond acceptors (Lipinski definition) is 2. The van der Waals surface area contributed by atoms with Crippen LogP contribution in [0.1, 0.15) is 51.2 Å². The van der Waals surface area contributed by atoms with Gasteiger partial charge in [0.25, 0.3) is 0 Å². The largest absolute Gasteiger partial charge is 0.372 e. The van der Waals surface area contributed by atoms with Crippen LogP contribution in [0, 0.1) is 5.82 Å². The molecule has 2 nitrogen and oxygen atoms in total. The van der Waals surface area contributed by atoms with Crippen LogP contribution in [-0.4, -0.2) is 12.6 Å². The highest BCUT2D eigenvalue weighted by atomic mass is 19.1. The molecule has 102 valence electrons. The van der Waals surface area contributed by atoms with E-state index in [-0.39, 0.29) is 18.0 Å². The highest BCUT2D eigenvalue weighted by molar-refractivity contribution is 5.21. The van der Waals surface area contributed by atoms with Crippen molar-refractivity contribution in [1.29, 1.82) is 0 Å². The van der Waals surface area contributed by atoms with Crippen LogP contribution < -0.4 is 5.73 Å². The third-order valence-electron chi connectivity index (χ3n) is 3.12. The molecule has 1 rings (SSSR count). The number of hydrogen-bond donors (Lipinski definition) is 1. The summed E-state index contributed by atoms with van der Waals surface area (Å²) in [5.74, 6) is -0.234. The van der Waals surface area contributed by atoms with Crippen molar-refractivity contribution < 1.29 is 9.13 Å². The van der Waals surface area contributed by atoms with Crippen molar-refractivity contribution >= 4 is 0 Å². The van der Waals surface area contributed by atoms with Gasteiger partial charge in [0.15, 0.2) is 0 Å². The maximum absolute atomic E-state index is 13.8. The minimum atomic E-state index is -0.340. The number of rotatable bonds is 8. The molecular weight excluding hydrogens is 229 g/mol. The third-order valence-corrected chi connectivity index (χ3v) is 3.12. The number of ether oxygens (including phenoxy) is 1. The van der Waals surface area contributed by atoms with E-state index >= 15 is 0 Å². The van der Waals surface area contributed by atoms with E-state index in [0.29, 0.717) is 12.2 Å². The van der Waals surface area contributed by atoms with E-state index in [2.05, 4.69) is 6.92 Å². The Kier molecular flexibility index (Phi) is 6.91. The maximum atomic E-state index is 13.8. The van der Waals surface area contributed by atoms with Crippen molar-refractivity contribution in [2.45, 2.75) is 51.7 Å². The lowest BCUT2D eigenvalue weighted by Gasteiger charge is -2.24. The lowest BCUT2D eigenvalue weighted by atomic mass is 10.0. The van der Waals surface area contributed by atoms with Gasteiger partial charge >= 0.3 is 0 Å². The zero-order valence-electron chi connectivity index (χ0n) is 11.4. The van der Waals surface area contributed by atoms with E-state index in [0.717, 1.165) is 25.7 Å². The van der Waals surface area contributed by atoms with Crippen LogP contribution >= 0.6 is 0 Å². The van der Waals surface area contributed by atoms with Crippen LogP contribution in [0.25, 0.3) is 0 Å². The molecule has 0 aliphatic carbocycles. The zero-order chi connectivity index (χ0) is 13.4. The predicted molar refractivity (Wildman–Crippen MR) is 72.9 cm³/mol. The summed E-state index contributed by atoms with van der Waals surface area (Å²) in [5.41, 5.74) is 6.61. The molecule has 1 aromatic carbocycles. The molecule has 2 N–H and O–H groups in total. The molecule has 2 atom stereocenters. The summed E-state index contributed by atoms with van der Waals surface area (Å²) in [6.07, 6.45) is 3.71. The van der Waals surface area contributed by atoms with Crippen molar-refractivity contribution in [1.82, 2.24) is 0 Å². The molecule has 0 saturated heterocycles. The predicted octanol–water partition coefficient (Wildman–Crippen LogP) is 3.81. The van der Waals surface area contributed by atoms with Crippen molar-refractivity contribution in [3.63, 3.8) is 0 Å². The molecule has 0 aliphatic heterocycles. The van der Waals surface area contributed by atoms with E-state index < -0.39 is 0 Å². The Labute approximate surface area is 109 Å². The van der Waals surface area contributed by atoms with Crippen LogP contribution in [0.4, 0.5) is 4.39 Å². The topological polar surface area (TPSA) is 35.2 Å². The van der Waals surface area contributed by atoms with Crippen LogP contribution in [0.5, 0.6) is 0 Å². The fraction of sp³-hybridized carbons (Fsp3) is 0.600. The lowest BCUT2D eigenvalue weighted by molar-refractivity contribution is 0.0290. The molecule has 0 aromatic heterocycles. The Bertz CT molecular complexity index is 343. The van der Waals surface area contributed by atoms with Crippen LogP contribution in [0.3, 0.4) is 0 Å². The smallest absolute Gasteiger partial charge is 0.129 e. The van der Waals surface area contributed by atoms with Crippen LogP contribution in [0.15, 0.2) is 24.3 Å². The summed E-state index contributed by atoms with van der Waals surface area (Å²) in [6, 6.07) is 6.56. The van der Waals surface area contributed by atoms with Gasteiger partial charge in [-0.15, -0.1) is 0 Å². The average Bonchev–Trinajstić information content (AvgIpc) is 2.39. The first-order valence-electron chi connectivity index (χ1n) is 6.82. The molecule has 0 aliphatic rings. The molecule has 0 heterocycles. The van der Waals surface area contributed by atoms with Gasteiger partial charge in [-0.05, 0) is 18.9 Å². The van der Waals surface area contributed by atoms with Gasteiger partial charge in [0.05, 0.1) is 0 Å². The van der Waals surface area contributed by atoms with Gasteiger partial charge in [0.2, 0.25) is 0 Å². The summed E-state index contributed by atoms with van der Waals surface area (Å²) >= 11 is 0. The molecule has 0 amide bonds. The third kappa shape index (κ3) is 4.39. The van der Waals surface area contributed by atoms with Gasteiger partial charge in [-0.3, -0.25) is 0 Å². The van der Waals surface area contributed by atoms with Crippen LogP contribution in [-0.2, 0) is 4.74 Å². The van der Waals surface area contributed by atoms with Crippen molar-refractivity contribution in [3.05, 3.63) is 35.6 Å². The molecule has 18 heavy (non-hydrogen) atoms. The van der Waals surface area contributed by atoms with Crippen molar-refractivity contribution in [2.24, 2.45) is 5.73 Å². The fourth-order valence-corrected chi connectivity index (χ4v) is 1.93. The summed E-state index contributed by atoms with van der Waals surface area (Å²) < 4.78 is 19.6. The summed E-state index contributed by atoms with van der Waals surface area (Å²) in [4.78, 5) is 0. The Morgan fingerprint density at radius 1 is 1.22 bits per heavy atom. The minimum Gasteiger partial charge on any atom is -0.372 e. The normalized spacial score (nSPS) is 14.4. The molecular formula is C15H24FNO. The highest BCUT2D eigenvalue weighted by Crippen LogP contribution is 2.24. The number of nitrogens with two attached hydrogens (primary N) is 1. The lowest BCUT2D eigenvalue weighted by Crippen LogP contribution is -2.30. The fourth-order valence-electron chi connectivity index (χ4n) is 1.93. The second-order valence-electron chi connectivity index (χ2n) is 4.59. The van der Waals surface area contributed by atoms with E-state index in [9.17, 15) is 4.39 Å². The van der Waals surface area contributed by atoms with Gasteiger partial charge in [0, 0.05) is 18.2 Å². The molecule has 0 spiro atoms. The molecule has 0 bridgehead atoms. The molecule has 0 radical (unpaired) electrons. The molecule has 1 aromatic rings. The quantitative estimate of drug-likeness (QED) is 0.715. The molecule has 0 fully saturated rings. The Balaban J connectivity index is 2.69. The maximum Gasteiger partial charge on any atom is 0.129 e. The second kappa shape index (κ2) is 8.22. The van der Waals surface area contributed by atoms with E-state index in [4.69, 9.17) is 10.5 Å². The van der Waals surface area contributed by atoms with Gasteiger partial charge < -0.3 is 10.5 Å². The summed E-state index contributed by atoms with van der Waals surface area (Å²) in [5, 5.41) is 0. The van der Waals surface area contributed by atoms with Crippen molar-refractivity contribution in [2.75, 3.05) is 6.61 Å². The van der Waals surface area contributed by atoms with Crippen molar-refractivity contribution in [3.8, 4) is 0 Å². The van der Waals surface area contributed by atoms with Gasteiger partial charge in [-0.1, -0.05) is 44.9 Å². The first-order chi connectivity index (χ1) is 8.70. The number of halogens is 1. The van der Waals surface area contributed by atoms with E-state index in [1.807, 2.05) is 13.0 Å². The van der Waals surface area contributed by atoms with Crippen LogP contribution in [0.2, 0.25) is 0 Å². The first-order valence-corrected chi connectivity index (χ1v) is 6.82. The van der Waals surface area contributed by atoms with Gasteiger partial charge in [0.1, 0.15) is 11.9 Å². The Morgan fingerprint density at radius 2 is 1.94 bits per heavy atom. The minimum absolute atomic E-state index is 0.163. The first kappa shape index (κ1) is 15.1. The van der Waals surface area contributed by atoms with Gasteiger partial charge in [-0.2, -0.15) is 0 Å². The standard InChI is InChI=1S/C15H24FNO/c1-3-5-8-11-18-15(14(17)4-2)12-9-6-7-10-13(12)16/h6-7,9-10,14-15H,3-5,8,11,17H2,1-2H3. The highest BCUT2D eigenvalue weighted by Gasteiger charge is 2.21. The Hall–Kier alpha value is -0.930. The molecule has 2 unspecified atom stereocenters. The van der Waals surface area contributed by atoms with Gasteiger partial charge in [-0.25, -0.2) is 4.39 Å². The summed E-state index contributed by atoms with van der Waals surface area (Å²) in [6.45, 7) is 4.78.